The summed E-state index contributed by atoms with van der Waals surface area (Å²) >= 11 is 0. The van der Waals surface area contributed by atoms with Gasteiger partial charge in [-0.1, -0.05) is 0 Å². The average Bonchev–Trinajstić information content (AvgIpc) is 3.43. The fraction of sp³-hybridized carbons (Fsp3) is 0.269. The molecule has 0 fully saturated rings. The largest absolute Gasteiger partial charge is 0.475 e. The minimum atomic E-state index is -0.302. The highest BCUT2D eigenvalue weighted by molar-refractivity contribution is 5.78. The Labute approximate surface area is 202 Å². The van der Waals surface area contributed by atoms with Crippen LogP contribution in [0.1, 0.15) is 36.5 Å². The van der Waals surface area contributed by atoms with E-state index in [1.807, 2.05) is 19.9 Å². The van der Waals surface area contributed by atoms with Crippen LogP contribution in [-0.2, 0) is 6.42 Å². The van der Waals surface area contributed by atoms with Gasteiger partial charge in [0.2, 0.25) is 11.8 Å². The number of aryl methyl sites for hydroxylation is 2. The van der Waals surface area contributed by atoms with Crippen LogP contribution >= 0.6 is 0 Å². The first kappa shape index (κ1) is 22.5. The standard InChI is InChI=1S/C26H24FN7O/c1-3-29-26-30-13-12-21(32-26)24-23(17-6-8-19(27)9-7-17)33-22-11-10-20(34(22)24)15-35-25-18(14-28)5-4-16(2)31-25/h4-9,12-13,20H,3,10-11,15H2,1-2H3,(H,29,30,32)/t20-/m0/s1. The molecule has 0 aliphatic carbocycles. The van der Waals surface area contributed by atoms with Crippen LogP contribution in [0, 0.1) is 24.1 Å². The number of ether oxygens (including phenoxy) is 1. The lowest BCUT2D eigenvalue weighted by molar-refractivity contribution is 0.246. The molecule has 9 heteroatoms. The van der Waals surface area contributed by atoms with Gasteiger partial charge in [-0.3, -0.25) is 0 Å². The zero-order valence-electron chi connectivity index (χ0n) is 19.5. The van der Waals surface area contributed by atoms with Gasteiger partial charge in [0.15, 0.2) is 0 Å². The monoisotopic (exact) mass is 469 g/mol. The molecule has 0 amide bonds. The smallest absolute Gasteiger partial charge is 0.231 e. The number of fused-ring (bicyclic) bond motifs is 1. The van der Waals surface area contributed by atoms with E-state index in [2.05, 4.69) is 25.9 Å². The molecule has 4 aromatic rings. The van der Waals surface area contributed by atoms with E-state index in [-0.39, 0.29) is 11.9 Å². The molecule has 0 saturated heterocycles. The van der Waals surface area contributed by atoms with Gasteiger partial charge in [-0.2, -0.15) is 5.26 Å². The van der Waals surface area contributed by atoms with Crippen molar-refractivity contribution in [2.24, 2.45) is 0 Å². The topological polar surface area (TPSA) is 102 Å². The van der Waals surface area contributed by atoms with Crippen molar-refractivity contribution in [1.82, 2.24) is 24.5 Å². The molecule has 5 rings (SSSR count). The molecule has 1 aliphatic rings. The molecule has 176 valence electrons. The molecule has 0 radical (unpaired) electrons. The third-order valence-electron chi connectivity index (χ3n) is 5.93. The van der Waals surface area contributed by atoms with Crippen LogP contribution in [0.3, 0.4) is 0 Å². The number of pyridine rings is 1. The van der Waals surface area contributed by atoms with E-state index in [0.717, 1.165) is 41.3 Å². The highest BCUT2D eigenvalue weighted by atomic mass is 19.1. The lowest BCUT2D eigenvalue weighted by Gasteiger charge is -2.18. The van der Waals surface area contributed by atoms with Crippen molar-refractivity contribution in [3.8, 4) is 34.6 Å². The van der Waals surface area contributed by atoms with Gasteiger partial charge in [0, 0.05) is 30.4 Å². The minimum absolute atomic E-state index is 0.0342. The Kier molecular flexibility index (Phi) is 6.10. The fourth-order valence-corrected chi connectivity index (χ4v) is 4.32. The minimum Gasteiger partial charge on any atom is -0.475 e. The summed E-state index contributed by atoms with van der Waals surface area (Å²) in [6.07, 6.45) is 3.31. The number of hydrogen-bond acceptors (Lipinski definition) is 7. The van der Waals surface area contributed by atoms with Crippen LogP contribution in [-0.4, -0.2) is 37.7 Å². The Morgan fingerprint density at radius 1 is 1.14 bits per heavy atom. The number of rotatable bonds is 7. The predicted molar refractivity (Wildman–Crippen MR) is 129 cm³/mol. The average molecular weight is 470 g/mol. The lowest BCUT2D eigenvalue weighted by atomic mass is 10.1. The zero-order valence-corrected chi connectivity index (χ0v) is 19.5. The van der Waals surface area contributed by atoms with Crippen LogP contribution in [0.2, 0.25) is 0 Å². The molecule has 1 aliphatic heterocycles. The number of aromatic nitrogens is 5. The molecule has 0 saturated carbocycles. The van der Waals surface area contributed by atoms with E-state index < -0.39 is 0 Å². The number of hydrogen-bond donors (Lipinski definition) is 1. The van der Waals surface area contributed by atoms with Gasteiger partial charge in [0.1, 0.15) is 29.9 Å². The maximum absolute atomic E-state index is 13.6. The number of imidazole rings is 1. The molecule has 1 aromatic carbocycles. The van der Waals surface area contributed by atoms with Gasteiger partial charge in [0.05, 0.1) is 23.1 Å². The van der Waals surface area contributed by atoms with Crippen molar-refractivity contribution >= 4 is 5.95 Å². The van der Waals surface area contributed by atoms with Gasteiger partial charge in [-0.05, 0) is 62.7 Å². The summed E-state index contributed by atoms with van der Waals surface area (Å²) in [5, 5.41) is 12.6. The predicted octanol–water partition coefficient (Wildman–Crippen LogP) is 4.72. The van der Waals surface area contributed by atoms with E-state index in [1.54, 1.807) is 30.5 Å². The van der Waals surface area contributed by atoms with Crippen molar-refractivity contribution in [1.29, 1.82) is 5.26 Å². The van der Waals surface area contributed by atoms with Crippen molar-refractivity contribution in [3.63, 3.8) is 0 Å². The van der Waals surface area contributed by atoms with Gasteiger partial charge in [0.25, 0.3) is 0 Å². The van der Waals surface area contributed by atoms with E-state index >= 15 is 0 Å². The number of nitrogens with zero attached hydrogens (tertiary/aromatic N) is 6. The van der Waals surface area contributed by atoms with Crippen molar-refractivity contribution < 1.29 is 9.13 Å². The summed E-state index contributed by atoms with van der Waals surface area (Å²) in [4.78, 5) is 18.4. The molecule has 0 unspecified atom stereocenters. The van der Waals surface area contributed by atoms with Crippen molar-refractivity contribution in [3.05, 3.63) is 71.6 Å². The van der Waals surface area contributed by atoms with Crippen LogP contribution in [0.4, 0.5) is 10.3 Å². The molecule has 3 aromatic heterocycles. The third-order valence-corrected chi connectivity index (χ3v) is 5.93. The summed E-state index contributed by atoms with van der Waals surface area (Å²) < 4.78 is 21.8. The highest BCUT2D eigenvalue weighted by Gasteiger charge is 2.31. The second-order valence-corrected chi connectivity index (χ2v) is 8.32. The second-order valence-electron chi connectivity index (χ2n) is 8.32. The zero-order chi connectivity index (χ0) is 24.4. The molecule has 1 N–H and O–H groups in total. The molecule has 0 bridgehead atoms. The fourth-order valence-electron chi connectivity index (χ4n) is 4.32. The maximum atomic E-state index is 13.6. The van der Waals surface area contributed by atoms with Crippen LogP contribution in [0.25, 0.3) is 22.6 Å². The Morgan fingerprint density at radius 3 is 2.74 bits per heavy atom. The van der Waals surface area contributed by atoms with Crippen LogP contribution in [0.15, 0.2) is 48.7 Å². The van der Waals surface area contributed by atoms with E-state index in [4.69, 9.17) is 14.7 Å². The Morgan fingerprint density at radius 2 is 1.97 bits per heavy atom. The van der Waals surface area contributed by atoms with Gasteiger partial charge in [-0.25, -0.2) is 24.3 Å². The number of nitrogens with one attached hydrogen (secondary N) is 1. The van der Waals surface area contributed by atoms with Gasteiger partial charge in [-0.15, -0.1) is 0 Å². The molecular formula is C26H24FN7O. The summed E-state index contributed by atoms with van der Waals surface area (Å²) in [6.45, 7) is 4.87. The highest BCUT2D eigenvalue weighted by Crippen LogP contribution is 2.39. The third kappa shape index (κ3) is 4.43. The first-order valence-corrected chi connectivity index (χ1v) is 11.5. The Bertz CT molecular complexity index is 1410. The van der Waals surface area contributed by atoms with Gasteiger partial charge >= 0.3 is 0 Å². The van der Waals surface area contributed by atoms with Crippen LogP contribution in [0.5, 0.6) is 5.88 Å². The van der Waals surface area contributed by atoms with E-state index in [9.17, 15) is 9.65 Å². The summed E-state index contributed by atoms with van der Waals surface area (Å²) in [5.74, 6) is 1.47. The molecule has 1 atom stereocenters. The maximum Gasteiger partial charge on any atom is 0.231 e. The molecule has 0 spiro atoms. The molecule has 8 nitrogen and oxygen atoms in total. The second kappa shape index (κ2) is 9.50. The first-order chi connectivity index (χ1) is 17.1. The van der Waals surface area contributed by atoms with E-state index in [1.165, 1.54) is 12.1 Å². The Hall–Kier alpha value is -4.32. The molecule has 35 heavy (non-hydrogen) atoms. The normalized spacial score (nSPS) is 14.4. The number of halogens is 1. The molecule has 4 heterocycles. The number of nitriles is 1. The van der Waals surface area contributed by atoms with Crippen LogP contribution < -0.4 is 10.1 Å². The van der Waals surface area contributed by atoms with Crippen molar-refractivity contribution in [2.75, 3.05) is 18.5 Å². The quantitative estimate of drug-likeness (QED) is 0.418. The summed E-state index contributed by atoms with van der Waals surface area (Å²) in [7, 11) is 0. The summed E-state index contributed by atoms with van der Waals surface area (Å²) in [5.41, 5.74) is 4.27. The Balaban J connectivity index is 1.57. The number of benzene rings is 1. The van der Waals surface area contributed by atoms with E-state index in [0.29, 0.717) is 36.2 Å². The molecular weight excluding hydrogens is 445 g/mol. The lowest BCUT2D eigenvalue weighted by Crippen LogP contribution is -2.16. The first-order valence-electron chi connectivity index (χ1n) is 11.5. The number of anilines is 1. The van der Waals surface area contributed by atoms with Gasteiger partial charge < -0.3 is 14.6 Å². The SMILES string of the molecule is CCNc1nccc(-c2c(-c3ccc(F)cc3)nc3n2[C@H](COc2nc(C)ccc2C#N)CC3)n1. The van der Waals surface area contributed by atoms with Crippen molar-refractivity contribution in [2.45, 2.75) is 32.7 Å². The summed E-state index contributed by atoms with van der Waals surface area (Å²) in [6, 6.07) is 13.8.